The van der Waals surface area contributed by atoms with Gasteiger partial charge in [0.15, 0.2) is 0 Å². The summed E-state index contributed by atoms with van der Waals surface area (Å²) in [7, 11) is -3.33. The van der Waals surface area contributed by atoms with E-state index in [0.717, 1.165) is 25.7 Å². The Morgan fingerprint density at radius 3 is 2.16 bits per heavy atom. The van der Waals surface area contributed by atoms with Gasteiger partial charge in [-0.1, -0.05) is 0 Å². The largest absolute Gasteiger partial charge is 0.396 e. The van der Waals surface area contributed by atoms with Crippen molar-refractivity contribution in [3.8, 4) is 0 Å². The van der Waals surface area contributed by atoms with Gasteiger partial charge >= 0.3 is 0 Å². The molecule has 19 heavy (non-hydrogen) atoms. The first-order chi connectivity index (χ1) is 8.95. The van der Waals surface area contributed by atoms with Crippen LogP contribution in [0.5, 0.6) is 0 Å². The molecule has 2 aliphatic rings. The molecular formula is C13H26N2O3S. The van der Waals surface area contributed by atoms with Crippen molar-refractivity contribution in [2.45, 2.75) is 45.6 Å². The third-order valence-electron chi connectivity index (χ3n) is 4.17. The van der Waals surface area contributed by atoms with Gasteiger partial charge in [0.1, 0.15) is 0 Å². The smallest absolute Gasteiger partial charge is 0.282 e. The predicted molar refractivity (Wildman–Crippen MR) is 74.9 cm³/mol. The molecule has 0 aromatic rings. The average Bonchev–Trinajstić information content (AvgIpc) is 3.19. The van der Waals surface area contributed by atoms with Crippen molar-refractivity contribution in [3.05, 3.63) is 0 Å². The molecule has 2 rings (SSSR count). The third kappa shape index (κ3) is 3.68. The van der Waals surface area contributed by atoms with E-state index in [0.29, 0.717) is 25.6 Å². The second-order valence-corrected chi connectivity index (χ2v) is 8.02. The Bertz CT molecular complexity index is 385. The van der Waals surface area contributed by atoms with Gasteiger partial charge in [0.2, 0.25) is 0 Å². The van der Waals surface area contributed by atoms with Crippen molar-refractivity contribution >= 4 is 10.2 Å². The fourth-order valence-electron chi connectivity index (χ4n) is 2.60. The van der Waals surface area contributed by atoms with Gasteiger partial charge in [-0.25, -0.2) is 0 Å². The number of aliphatic hydroxyl groups excluding tert-OH is 1. The van der Waals surface area contributed by atoms with Crippen LogP contribution in [0.2, 0.25) is 0 Å². The maximum atomic E-state index is 12.7. The summed E-state index contributed by atoms with van der Waals surface area (Å²) in [5.41, 5.74) is 0. The maximum absolute atomic E-state index is 12.7. The van der Waals surface area contributed by atoms with Crippen LogP contribution in [0.3, 0.4) is 0 Å². The molecule has 2 fully saturated rings. The van der Waals surface area contributed by atoms with E-state index < -0.39 is 10.2 Å². The molecular weight excluding hydrogens is 264 g/mol. The lowest BCUT2D eigenvalue weighted by atomic mass is 10.00. The first-order valence-electron chi connectivity index (χ1n) is 7.33. The lowest BCUT2D eigenvalue weighted by Gasteiger charge is -2.36. The van der Waals surface area contributed by atoms with Crippen molar-refractivity contribution < 1.29 is 13.5 Å². The highest BCUT2D eigenvalue weighted by Gasteiger charge is 2.37. The molecule has 1 aliphatic carbocycles. The Labute approximate surface area is 116 Å². The zero-order valence-electron chi connectivity index (χ0n) is 12.0. The second kappa shape index (κ2) is 6.08. The van der Waals surface area contributed by atoms with Crippen LogP contribution >= 0.6 is 0 Å². The van der Waals surface area contributed by atoms with E-state index in [9.17, 15) is 8.42 Å². The minimum atomic E-state index is -3.33. The first kappa shape index (κ1) is 15.2. The molecule has 1 N–H and O–H groups in total. The van der Waals surface area contributed by atoms with Gasteiger partial charge in [-0.05, 0) is 51.4 Å². The Balaban J connectivity index is 2.02. The van der Waals surface area contributed by atoms with Gasteiger partial charge in [-0.15, -0.1) is 0 Å². The average molecular weight is 290 g/mol. The third-order valence-corrected chi connectivity index (χ3v) is 6.35. The van der Waals surface area contributed by atoms with Crippen molar-refractivity contribution in [1.29, 1.82) is 0 Å². The zero-order chi connectivity index (χ0) is 14.0. The maximum Gasteiger partial charge on any atom is 0.282 e. The number of hydrogen-bond donors (Lipinski definition) is 1. The lowest BCUT2D eigenvalue weighted by molar-refractivity contribution is 0.164. The number of aliphatic hydroxyl groups is 1. The molecule has 0 bridgehead atoms. The van der Waals surface area contributed by atoms with Crippen LogP contribution in [0.1, 0.15) is 39.5 Å². The molecule has 0 radical (unpaired) electrons. The van der Waals surface area contributed by atoms with Crippen molar-refractivity contribution in [3.63, 3.8) is 0 Å². The Morgan fingerprint density at radius 1 is 1.16 bits per heavy atom. The van der Waals surface area contributed by atoms with Gasteiger partial charge in [0.05, 0.1) is 0 Å². The molecule has 112 valence electrons. The SMILES string of the molecule is CC(C)N(CC1CC1)S(=O)(=O)N1CCC(CO)CC1. The summed E-state index contributed by atoms with van der Waals surface area (Å²) in [6, 6.07) is 0.0150. The normalized spacial score (nSPS) is 23.4. The predicted octanol–water partition coefficient (Wildman–Crippen LogP) is 1.06. The topological polar surface area (TPSA) is 60.9 Å². The Morgan fingerprint density at radius 2 is 1.74 bits per heavy atom. The minimum Gasteiger partial charge on any atom is -0.396 e. The van der Waals surface area contributed by atoms with E-state index in [1.165, 1.54) is 0 Å². The fraction of sp³-hybridized carbons (Fsp3) is 1.00. The Hall–Kier alpha value is -0.170. The van der Waals surface area contributed by atoms with Crippen LogP contribution < -0.4 is 0 Å². The molecule has 6 heteroatoms. The van der Waals surface area contributed by atoms with Crippen molar-refractivity contribution in [2.24, 2.45) is 11.8 Å². The number of hydrogen-bond acceptors (Lipinski definition) is 3. The molecule has 0 aromatic heterocycles. The van der Waals surface area contributed by atoms with E-state index in [1.54, 1.807) is 8.61 Å². The molecule has 0 atom stereocenters. The standard InChI is InChI=1S/C13H26N2O3S/c1-11(2)15(9-12-3-4-12)19(17,18)14-7-5-13(10-16)6-8-14/h11-13,16H,3-10H2,1-2H3. The molecule has 5 nitrogen and oxygen atoms in total. The van der Waals surface area contributed by atoms with Crippen LogP contribution in [0.25, 0.3) is 0 Å². The van der Waals surface area contributed by atoms with Crippen molar-refractivity contribution in [1.82, 2.24) is 8.61 Å². The number of piperidine rings is 1. The molecule has 0 spiro atoms. The van der Waals surface area contributed by atoms with Crippen LogP contribution in [0, 0.1) is 11.8 Å². The number of rotatable bonds is 6. The van der Waals surface area contributed by atoms with E-state index in [1.807, 2.05) is 13.8 Å². The molecule has 1 aliphatic heterocycles. The molecule has 1 saturated carbocycles. The van der Waals surface area contributed by atoms with Gasteiger partial charge < -0.3 is 5.11 Å². The monoisotopic (exact) mass is 290 g/mol. The van der Waals surface area contributed by atoms with Gasteiger partial charge in [0.25, 0.3) is 10.2 Å². The fourth-order valence-corrected chi connectivity index (χ4v) is 4.50. The van der Waals surface area contributed by atoms with Crippen LogP contribution in [-0.2, 0) is 10.2 Å². The van der Waals surface area contributed by atoms with Crippen LogP contribution in [-0.4, -0.2) is 54.4 Å². The highest BCUT2D eigenvalue weighted by Crippen LogP contribution is 2.32. The van der Waals surface area contributed by atoms with E-state index in [4.69, 9.17) is 5.11 Å². The second-order valence-electron chi connectivity index (χ2n) is 6.14. The summed E-state index contributed by atoms with van der Waals surface area (Å²) in [6.45, 7) is 5.81. The highest BCUT2D eigenvalue weighted by atomic mass is 32.2. The molecule has 1 heterocycles. The van der Waals surface area contributed by atoms with Gasteiger partial charge in [0, 0.05) is 32.3 Å². The molecule has 0 amide bonds. The van der Waals surface area contributed by atoms with Crippen LogP contribution in [0.4, 0.5) is 0 Å². The first-order valence-corrected chi connectivity index (χ1v) is 8.72. The summed E-state index contributed by atoms with van der Waals surface area (Å²) < 4.78 is 28.6. The molecule has 0 unspecified atom stereocenters. The molecule has 1 saturated heterocycles. The van der Waals surface area contributed by atoms with Gasteiger partial charge in [-0.3, -0.25) is 0 Å². The number of nitrogens with zero attached hydrogens (tertiary/aromatic N) is 2. The minimum absolute atomic E-state index is 0.0150. The summed E-state index contributed by atoms with van der Waals surface area (Å²) in [6.07, 6.45) is 3.85. The quantitative estimate of drug-likeness (QED) is 0.795. The summed E-state index contributed by atoms with van der Waals surface area (Å²) in [4.78, 5) is 0. The van der Waals surface area contributed by atoms with Gasteiger partial charge in [-0.2, -0.15) is 17.0 Å². The highest BCUT2D eigenvalue weighted by molar-refractivity contribution is 7.86. The summed E-state index contributed by atoms with van der Waals surface area (Å²) in [5, 5.41) is 9.13. The summed E-state index contributed by atoms with van der Waals surface area (Å²) >= 11 is 0. The Kier molecular flexibility index (Phi) is 4.87. The van der Waals surface area contributed by atoms with Crippen molar-refractivity contribution in [2.75, 3.05) is 26.2 Å². The summed E-state index contributed by atoms with van der Waals surface area (Å²) in [5.74, 6) is 0.828. The zero-order valence-corrected chi connectivity index (χ0v) is 12.8. The molecule has 0 aromatic carbocycles. The van der Waals surface area contributed by atoms with E-state index in [-0.39, 0.29) is 18.6 Å². The lowest BCUT2D eigenvalue weighted by Crippen LogP contribution is -2.50. The van der Waals surface area contributed by atoms with E-state index >= 15 is 0 Å². The van der Waals surface area contributed by atoms with Crippen LogP contribution in [0.15, 0.2) is 0 Å². The van der Waals surface area contributed by atoms with E-state index in [2.05, 4.69) is 0 Å².